The van der Waals surface area contributed by atoms with Gasteiger partial charge >= 0.3 is 0 Å². The van der Waals surface area contributed by atoms with Crippen molar-refractivity contribution in [2.75, 3.05) is 19.5 Å². The van der Waals surface area contributed by atoms with Crippen LogP contribution in [0.3, 0.4) is 0 Å². The van der Waals surface area contributed by atoms with Crippen molar-refractivity contribution >= 4 is 22.3 Å². The molecule has 112 valence electrons. The molecule has 3 aromatic rings. The van der Waals surface area contributed by atoms with Crippen LogP contribution in [0.5, 0.6) is 11.5 Å². The number of benzene rings is 2. The van der Waals surface area contributed by atoms with Gasteiger partial charge < -0.3 is 14.8 Å². The van der Waals surface area contributed by atoms with Crippen LogP contribution in [0.15, 0.2) is 42.6 Å². The number of methoxy groups -OCH3 is 2. The summed E-state index contributed by atoms with van der Waals surface area (Å²) in [5, 5.41) is 12.5. The summed E-state index contributed by atoms with van der Waals surface area (Å²) in [6, 6.07) is 11.9. The third kappa shape index (κ3) is 2.65. The fourth-order valence-corrected chi connectivity index (χ4v) is 2.28. The highest BCUT2D eigenvalue weighted by Crippen LogP contribution is 2.34. The fraction of sp³-hybridized carbons (Fsp3) is 0.176. The van der Waals surface area contributed by atoms with Crippen molar-refractivity contribution < 1.29 is 9.47 Å². The Bertz CT molecular complexity index is 801. The van der Waals surface area contributed by atoms with Gasteiger partial charge in [0.25, 0.3) is 0 Å². The highest BCUT2D eigenvalue weighted by Gasteiger charge is 2.10. The minimum atomic E-state index is 0.636. The number of rotatable bonds is 4. The first-order valence-corrected chi connectivity index (χ1v) is 6.92. The molecule has 5 heteroatoms. The molecule has 3 rings (SSSR count). The molecule has 0 amide bonds. The van der Waals surface area contributed by atoms with E-state index in [4.69, 9.17) is 9.47 Å². The summed E-state index contributed by atoms with van der Waals surface area (Å²) in [7, 11) is 3.22. The van der Waals surface area contributed by atoms with E-state index in [1.807, 2.05) is 24.3 Å². The molecule has 1 N–H and O–H groups in total. The van der Waals surface area contributed by atoms with Crippen molar-refractivity contribution in [3.8, 4) is 11.5 Å². The number of hydrogen-bond donors (Lipinski definition) is 1. The summed E-state index contributed by atoms with van der Waals surface area (Å²) in [5.74, 6) is 1.30. The van der Waals surface area contributed by atoms with Gasteiger partial charge in [-0.3, -0.25) is 0 Å². The second-order valence-electron chi connectivity index (χ2n) is 4.97. The number of aromatic nitrogens is 2. The molecule has 0 saturated carbocycles. The van der Waals surface area contributed by atoms with E-state index in [-0.39, 0.29) is 0 Å². The summed E-state index contributed by atoms with van der Waals surface area (Å²) in [6.45, 7) is 2.06. The highest BCUT2D eigenvalue weighted by molar-refractivity contribution is 5.94. The van der Waals surface area contributed by atoms with Crippen molar-refractivity contribution in [2.45, 2.75) is 6.92 Å². The van der Waals surface area contributed by atoms with Gasteiger partial charge in [-0.2, -0.15) is 10.2 Å². The number of anilines is 2. The smallest absolute Gasteiger partial charge is 0.162 e. The zero-order chi connectivity index (χ0) is 15.5. The summed E-state index contributed by atoms with van der Waals surface area (Å²) in [5.41, 5.74) is 3.83. The molecular weight excluding hydrogens is 278 g/mol. The molecule has 0 aliphatic carbocycles. The summed E-state index contributed by atoms with van der Waals surface area (Å²) < 4.78 is 10.7. The van der Waals surface area contributed by atoms with Crippen molar-refractivity contribution in [1.82, 2.24) is 10.2 Å². The van der Waals surface area contributed by atoms with E-state index in [2.05, 4.69) is 34.6 Å². The molecule has 0 aliphatic rings. The van der Waals surface area contributed by atoms with Crippen LogP contribution in [-0.2, 0) is 0 Å². The Morgan fingerprint density at radius 1 is 0.955 bits per heavy atom. The molecule has 2 aromatic carbocycles. The fourth-order valence-electron chi connectivity index (χ4n) is 2.28. The topological polar surface area (TPSA) is 56.3 Å². The summed E-state index contributed by atoms with van der Waals surface area (Å²) in [6.07, 6.45) is 1.70. The molecular formula is C17H17N3O2. The molecule has 5 nitrogen and oxygen atoms in total. The highest BCUT2D eigenvalue weighted by atomic mass is 16.5. The van der Waals surface area contributed by atoms with Gasteiger partial charge in [-0.25, -0.2) is 0 Å². The Kier molecular flexibility index (Phi) is 3.78. The minimum absolute atomic E-state index is 0.636. The zero-order valence-corrected chi connectivity index (χ0v) is 12.8. The average molecular weight is 295 g/mol. The standard InChI is InChI=1S/C17H17N3O2/c1-11-4-6-12(7-5-11)19-15-10-18-20-14-9-17(22-3)16(21-2)8-13(14)15/h4-10H,1-3H3,(H,19,20). The molecule has 0 aliphatic heterocycles. The quantitative estimate of drug-likeness (QED) is 0.795. The maximum atomic E-state index is 5.36. The molecule has 0 atom stereocenters. The van der Waals surface area contributed by atoms with E-state index in [0.717, 1.165) is 22.3 Å². The van der Waals surface area contributed by atoms with Gasteiger partial charge in [0, 0.05) is 17.1 Å². The van der Waals surface area contributed by atoms with Crippen LogP contribution in [0.25, 0.3) is 10.9 Å². The normalized spacial score (nSPS) is 10.5. The lowest BCUT2D eigenvalue weighted by atomic mass is 10.1. The predicted molar refractivity (Wildman–Crippen MR) is 87.1 cm³/mol. The van der Waals surface area contributed by atoms with E-state index in [9.17, 15) is 0 Å². The van der Waals surface area contributed by atoms with Gasteiger partial charge in [-0.15, -0.1) is 0 Å². The van der Waals surface area contributed by atoms with Gasteiger partial charge in [0.05, 0.1) is 31.6 Å². The summed E-state index contributed by atoms with van der Waals surface area (Å²) in [4.78, 5) is 0. The number of nitrogens with zero attached hydrogens (tertiary/aromatic N) is 2. The number of ether oxygens (including phenoxy) is 2. The van der Waals surface area contributed by atoms with Crippen molar-refractivity contribution in [3.05, 3.63) is 48.2 Å². The molecule has 0 fully saturated rings. The largest absolute Gasteiger partial charge is 0.493 e. The zero-order valence-electron chi connectivity index (χ0n) is 12.8. The molecule has 0 unspecified atom stereocenters. The monoisotopic (exact) mass is 295 g/mol. The number of aryl methyl sites for hydroxylation is 1. The Hall–Kier alpha value is -2.82. The van der Waals surface area contributed by atoms with Crippen LogP contribution < -0.4 is 14.8 Å². The first-order chi connectivity index (χ1) is 10.7. The summed E-state index contributed by atoms with van der Waals surface area (Å²) >= 11 is 0. The van der Waals surface area contributed by atoms with Gasteiger partial charge in [0.2, 0.25) is 0 Å². The molecule has 22 heavy (non-hydrogen) atoms. The first-order valence-electron chi connectivity index (χ1n) is 6.92. The molecule has 0 bridgehead atoms. The van der Waals surface area contributed by atoms with Crippen molar-refractivity contribution in [1.29, 1.82) is 0 Å². The molecule has 0 radical (unpaired) electrons. The Labute approximate surface area is 128 Å². The first kappa shape index (κ1) is 14.1. The van der Waals surface area contributed by atoms with Crippen LogP contribution >= 0.6 is 0 Å². The maximum Gasteiger partial charge on any atom is 0.162 e. The lowest BCUT2D eigenvalue weighted by molar-refractivity contribution is 0.356. The Balaban J connectivity index is 2.07. The SMILES string of the molecule is COc1cc2nncc(Nc3ccc(C)cc3)c2cc1OC. The van der Waals surface area contributed by atoms with E-state index >= 15 is 0 Å². The minimum Gasteiger partial charge on any atom is -0.493 e. The van der Waals surface area contributed by atoms with Crippen LogP contribution in [0.1, 0.15) is 5.56 Å². The molecule has 1 aromatic heterocycles. The van der Waals surface area contributed by atoms with Crippen LogP contribution in [0.2, 0.25) is 0 Å². The number of hydrogen-bond acceptors (Lipinski definition) is 5. The van der Waals surface area contributed by atoms with E-state index < -0.39 is 0 Å². The predicted octanol–water partition coefficient (Wildman–Crippen LogP) is 3.70. The maximum absolute atomic E-state index is 5.36. The van der Waals surface area contributed by atoms with Gasteiger partial charge in [-0.05, 0) is 25.1 Å². The van der Waals surface area contributed by atoms with Crippen LogP contribution in [0, 0.1) is 6.92 Å². The van der Waals surface area contributed by atoms with E-state index in [0.29, 0.717) is 11.5 Å². The lowest BCUT2D eigenvalue weighted by Crippen LogP contribution is -1.97. The third-order valence-electron chi connectivity index (χ3n) is 3.47. The van der Waals surface area contributed by atoms with Gasteiger partial charge in [-0.1, -0.05) is 17.7 Å². The number of fused-ring (bicyclic) bond motifs is 1. The average Bonchev–Trinajstić information content (AvgIpc) is 2.56. The molecule has 0 spiro atoms. The Morgan fingerprint density at radius 3 is 2.32 bits per heavy atom. The number of nitrogens with one attached hydrogen (secondary N) is 1. The third-order valence-corrected chi connectivity index (χ3v) is 3.47. The van der Waals surface area contributed by atoms with Crippen LogP contribution in [-0.4, -0.2) is 24.4 Å². The lowest BCUT2D eigenvalue weighted by Gasteiger charge is -2.12. The van der Waals surface area contributed by atoms with Crippen LogP contribution in [0.4, 0.5) is 11.4 Å². The van der Waals surface area contributed by atoms with E-state index in [1.54, 1.807) is 20.4 Å². The van der Waals surface area contributed by atoms with Crippen molar-refractivity contribution in [3.63, 3.8) is 0 Å². The Morgan fingerprint density at radius 2 is 1.64 bits per heavy atom. The van der Waals surface area contributed by atoms with E-state index in [1.165, 1.54) is 5.56 Å². The second-order valence-corrected chi connectivity index (χ2v) is 4.97. The molecule has 0 saturated heterocycles. The van der Waals surface area contributed by atoms with Gasteiger partial charge in [0.1, 0.15) is 0 Å². The van der Waals surface area contributed by atoms with Gasteiger partial charge in [0.15, 0.2) is 11.5 Å². The second kappa shape index (κ2) is 5.89. The van der Waals surface area contributed by atoms with Crippen molar-refractivity contribution in [2.24, 2.45) is 0 Å². The molecule has 1 heterocycles.